The topological polar surface area (TPSA) is 119 Å². The SMILES string of the molecule is CCc1ccccc1OCC(=O)N1c2ccc(S(N)(=O)=O)cc2NC(=O)C1c1ccccc1. The van der Waals surface area contributed by atoms with E-state index >= 15 is 0 Å². The lowest BCUT2D eigenvalue weighted by Gasteiger charge is -2.36. The Balaban J connectivity index is 1.74. The number of ether oxygens (including phenoxy) is 1. The number of benzene rings is 3. The third-order valence-corrected chi connectivity index (χ3v) is 6.32. The zero-order chi connectivity index (χ0) is 23.6. The molecule has 33 heavy (non-hydrogen) atoms. The van der Waals surface area contributed by atoms with E-state index in [2.05, 4.69) is 5.32 Å². The molecule has 170 valence electrons. The number of amides is 2. The van der Waals surface area contributed by atoms with E-state index in [1.54, 1.807) is 30.3 Å². The van der Waals surface area contributed by atoms with Crippen molar-refractivity contribution >= 4 is 33.2 Å². The molecule has 0 bridgehead atoms. The first-order valence-corrected chi connectivity index (χ1v) is 11.9. The zero-order valence-corrected chi connectivity index (χ0v) is 18.7. The van der Waals surface area contributed by atoms with Gasteiger partial charge in [0, 0.05) is 0 Å². The summed E-state index contributed by atoms with van der Waals surface area (Å²) in [6, 6.07) is 19.4. The first-order valence-electron chi connectivity index (χ1n) is 10.3. The van der Waals surface area contributed by atoms with E-state index < -0.39 is 27.9 Å². The Hall–Kier alpha value is -3.69. The molecule has 4 rings (SSSR count). The highest BCUT2D eigenvalue weighted by atomic mass is 32.2. The van der Waals surface area contributed by atoms with Crippen LogP contribution in [-0.4, -0.2) is 26.8 Å². The summed E-state index contributed by atoms with van der Waals surface area (Å²) in [7, 11) is -3.99. The fourth-order valence-electron chi connectivity index (χ4n) is 3.82. The number of nitrogens with two attached hydrogens (primary N) is 1. The lowest BCUT2D eigenvalue weighted by atomic mass is 10.00. The van der Waals surface area contributed by atoms with Crippen LogP contribution in [0.4, 0.5) is 11.4 Å². The number of nitrogens with one attached hydrogen (secondary N) is 1. The van der Waals surface area contributed by atoms with Gasteiger partial charge in [-0.1, -0.05) is 55.5 Å². The van der Waals surface area contributed by atoms with E-state index in [-0.39, 0.29) is 17.2 Å². The summed E-state index contributed by atoms with van der Waals surface area (Å²) in [5.74, 6) is -0.326. The van der Waals surface area contributed by atoms with Gasteiger partial charge in [0.25, 0.3) is 11.8 Å². The van der Waals surface area contributed by atoms with Crippen LogP contribution in [0.1, 0.15) is 24.1 Å². The van der Waals surface area contributed by atoms with Crippen LogP contribution in [0, 0.1) is 0 Å². The molecule has 0 radical (unpaired) electrons. The van der Waals surface area contributed by atoms with Gasteiger partial charge in [-0.3, -0.25) is 14.5 Å². The van der Waals surface area contributed by atoms with Crippen LogP contribution in [0.2, 0.25) is 0 Å². The normalized spacial score (nSPS) is 15.5. The Labute approximate surface area is 192 Å². The fraction of sp³-hybridized carbons (Fsp3) is 0.167. The number of para-hydroxylation sites is 1. The van der Waals surface area contributed by atoms with E-state index in [0.717, 1.165) is 12.0 Å². The van der Waals surface area contributed by atoms with E-state index in [1.807, 2.05) is 31.2 Å². The zero-order valence-electron chi connectivity index (χ0n) is 17.9. The second kappa shape index (κ2) is 9.05. The van der Waals surface area contributed by atoms with Gasteiger partial charge in [-0.2, -0.15) is 0 Å². The van der Waals surface area contributed by atoms with Crippen molar-refractivity contribution in [2.24, 2.45) is 5.14 Å². The molecular formula is C24H23N3O5S. The summed E-state index contributed by atoms with van der Waals surface area (Å²) >= 11 is 0. The number of sulfonamides is 1. The molecule has 0 saturated carbocycles. The number of nitrogens with zero attached hydrogens (tertiary/aromatic N) is 1. The Morgan fingerprint density at radius 2 is 1.76 bits per heavy atom. The number of aryl methyl sites for hydroxylation is 1. The predicted octanol–water partition coefficient (Wildman–Crippen LogP) is 3.00. The maximum Gasteiger partial charge on any atom is 0.265 e. The molecule has 3 aromatic carbocycles. The molecule has 2 amide bonds. The van der Waals surface area contributed by atoms with Crippen molar-refractivity contribution in [3.63, 3.8) is 0 Å². The Morgan fingerprint density at radius 3 is 2.45 bits per heavy atom. The number of anilines is 2. The smallest absolute Gasteiger partial charge is 0.265 e. The van der Waals surface area contributed by atoms with E-state index in [0.29, 0.717) is 17.0 Å². The molecule has 8 nitrogen and oxygen atoms in total. The molecule has 1 aliphatic heterocycles. The summed E-state index contributed by atoms with van der Waals surface area (Å²) in [6.45, 7) is 1.69. The van der Waals surface area contributed by atoms with Crippen LogP contribution in [0.15, 0.2) is 77.7 Å². The molecule has 0 aromatic heterocycles. The molecule has 0 spiro atoms. The first kappa shape index (κ1) is 22.5. The van der Waals surface area contributed by atoms with Gasteiger partial charge >= 0.3 is 0 Å². The Morgan fingerprint density at radius 1 is 1.06 bits per heavy atom. The summed E-state index contributed by atoms with van der Waals surface area (Å²) in [6.07, 6.45) is 0.738. The van der Waals surface area contributed by atoms with Gasteiger partial charge in [0.2, 0.25) is 10.0 Å². The maximum absolute atomic E-state index is 13.4. The van der Waals surface area contributed by atoms with E-state index in [4.69, 9.17) is 9.88 Å². The number of hydrogen-bond acceptors (Lipinski definition) is 5. The summed E-state index contributed by atoms with van der Waals surface area (Å²) in [5.41, 5.74) is 2.10. The number of carbonyl (C=O) groups excluding carboxylic acids is 2. The highest BCUT2D eigenvalue weighted by Crippen LogP contribution is 2.39. The average Bonchev–Trinajstić information content (AvgIpc) is 2.81. The quantitative estimate of drug-likeness (QED) is 0.580. The standard InChI is InChI=1S/C24H23N3O5S/c1-2-16-8-6-7-11-21(16)32-15-22(28)27-20-13-12-18(33(25,30)31)14-19(20)26-24(29)23(27)17-9-4-3-5-10-17/h3-14,23H,2,15H2,1H3,(H,26,29)(H2,25,30,31). The van der Waals surface area contributed by atoms with Crippen LogP contribution in [-0.2, 0) is 26.0 Å². The van der Waals surface area contributed by atoms with Crippen molar-refractivity contribution in [1.29, 1.82) is 0 Å². The second-order valence-corrected chi connectivity index (χ2v) is 9.10. The summed E-state index contributed by atoms with van der Waals surface area (Å²) < 4.78 is 29.4. The van der Waals surface area contributed by atoms with Crippen molar-refractivity contribution in [2.45, 2.75) is 24.3 Å². The lowest BCUT2D eigenvalue weighted by molar-refractivity contribution is -0.125. The minimum atomic E-state index is -3.99. The van der Waals surface area contributed by atoms with E-state index in [9.17, 15) is 18.0 Å². The molecule has 1 unspecified atom stereocenters. The van der Waals surface area contributed by atoms with Crippen LogP contribution in [0.5, 0.6) is 5.75 Å². The number of hydrogen-bond donors (Lipinski definition) is 2. The van der Waals surface area contributed by atoms with Crippen molar-refractivity contribution in [1.82, 2.24) is 0 Å². The Bertz CT molecular complexity index is 1310. The first-order chi connectivity index (χ1) is 15.8. The maximum atomic E-state index is 13.4. The van der Waals surface area contributed by atoms with Crippen molar-refractivity contribution < 1.29 is 22.7 Å². The highest BCUT2D eigenvalue weighted by molar-refractivity contribution is 7.89. The molecule has 3 aromatic rings. The third-order valence-electron chi connectivity index (χ3n) is 5.41. The van der Waals surface area contributed by atoms with E-state index in [1.165, 1.54) is 23.1 Å². The Kier molecular flexibility index (Phi) is 6.17. The van der Waals surface area contributed by atoms with Crippen molar-refractivity contribution in [3.05, 3.63) is 83.9 Å². The molecule has 1 heterocycles. The van der Waals surface area contributed by atoms with Gasteiger partial charge in [0.15, 0.2) is 6.61 Å². The highest BCUT2D eigenvalue weighted by Gasteiger charge is 2.38. The third kappa shape index (κ3) is 4.59. The molecule has 9 heteroatoms. The van der Waals surface area contributed by atoms with Crippen LogP contribution < -0.4 is 20.1 Å². The van der Waals surface area contributed by atoms with Gasteiger partial charge in [-0.05, 0) is 41.8 Å². The van der Waals surface area contributed by atoms with Crippen molar-refractivity contribution in [2.75, 3.05) is 16.8 Å². The van der Waals surface area contributed by atoms with Crippen molar-refractivity contribution in [3.8, 4) is 5.75 Å². The summed E-state index contributed by atoms with van der Waals surface area (Å²) in [5, 5.41) is 7.94. The minimum absolute atomic E-state index is 0.166. The second-order valence-electron chi connectivity index (χ2n) is 7.54. The van der Waals surface area contributed by atoms with Crippen LogP contribution >= 0.6 is 0 Å². The minimum Gasteiger partial charge on any atom is -0.483 e. The van der Waals surface area contributed by atoms with Crippen LogP contribution in [0.25, 0.3) is 0 Å². The molecular weight excluding hydrogens is 442 g/mol. The molecule has 3 N–H and O–H groups in total. The average molecular weight is 466 g/mol. The van der Waals surface area contributed by atoms with Crippen LogP contribution in [0.3, 0.4) is 0 Å². The van der Waals surface area contributed by atoms with Gasteiger partial charge in [-0.15, -0.1) is 0 Å². The molecule has 1 aliphatic rings. The number of carbonyl (C=O) groups is 2. The summed E-state index contributed by atoms with van der Waals surface area (Å²) in [4.78, 5) is 27.7. The fourth-order valence-corrected chi connectivity index (χ4v) is 4.36. The molecule has 0 fully saturated rings. The van der Waals surface area contributed by atoms with Gasteiger partial charge in [-0.25, -0.2) is 13.6 Å². The number of primary sulfonamides is 1. The number of fused-ring (bicyclic) bond motifs is 1. The molecule has 0 saturated heterocycles. The van der Waals surface area contributed by atoms with Gasteiger partial charge in [0.1, 0.15) is 11.8 Å². The number of rotatable bonds is 6. The molecule has 1 atom stereocenters. The largest absolute Gasteiger partial charge is 0.483 e. The van der Waals surface area contributed by atoms with Gasteiger partial charge < -0.3 is 10.1 Å². The monoisotopic (exact) mass is 465 g/mol. The lowest BCUT2D eigenvalue weighted by Crippen LogP contribution is -2.47. The van der Waals surface area contributed by atoms with Gasteiger partial charge in [0.05, 0.1) is 16.3 Å². The predicted molar refractivity (Wildman–Crippen MR) is 124 cm³/mol. The molecule has 0 aliphatic carbocycles.